The van der Waals surface area contributed by atoms with Crippen LogP contribution in [0.5, 0.6) is 17.2 Å². The largest absolute Gasteiger partial charge is 0.465 e. The molecule has 5 rings (SSSR count). The zero-order valence-electron chi connectivity index (χ0n) is 27.8. The molecule has 15 heteroatoms. The normalized spacial score (nSPS) is 11.6. The molecule has 1 N–H and O–H groups in total. The van der Waals surface area contributed by atoms with Crippen LogP contribution in [0, 0.1) is 0 Å². The Hall–Kier alpha value is -6.64. The number of benzene rings is 4. The van der Waals surface area contributed by atoms with Gasteiger partial charge in [-0.3, -0.25) is 9.59 Å². The molecule has 5 aromatic rings. The Kier molecular flexibility index (Phi) is 12.1. The fourth-order valence-electron chi connectivity index (χ4n) is 4.81. The molecule has 0 aliphatic carbocycles. The lowest BCUT2D eigenvalue weighted by Gasteiger charge is -2.18. The van der Waals surface area contributed by atoms with Crippen molar-refractivity contribution in [3.05, 3.63) is 136 Å². The molecule has 1 heterocycles. The summed E-state index contributed by atoms with van der Waals surface area (Å²) in [7, 11) is 1.15. The molecule has 1 unspecified atom stereocenters. The number of hydrogen-bond acceptors (Lipinski definition) is 11. The van der Waals surface area contributed by atoms with E-state index in [1.807, 2.05) is 0 Å². The fraction of sp³-hybridized carbons (Fsp3) is 0.184. The van der Waals surface area contributed by atoms with Gasteiger partial charge >= 0.3 is 30.2 Å². The first-order valence-electron chi connectivity index (χ1n) is 15.8. The highest BCUT2D eigenvalue weighted by Crippen LogP contribution is 2.38. The number of alkyl halides is 3. The van der Waals surface area contributed by atoms with Gasteiger partial charge < -0.3 is 33.4 Å². The number of amides is 1. The van der Waals surface area contributed by atoms with Gasteiger partial charge in [-0.2, -0.15) is 13.2 Å². The molecule has 0 aliphatic rings. The Balaban J connectivity index is 1.34. The summed E-state index contributed by atoms with van der Waals surface area (Å²) in [5.41, 5.74) is -0.315. The number of alkyl carbamates (subject to hydrolysis) is 1. The summed E-state index contributed by atoms with van der Waals surface area (Å²) in [6, 6.07) is 23.9. The molecule has 0 bridgehead atoms. The fourth-order valence-corrected chi connectivity index (χ4v) is 4.81. The monoisotopic (exact) mass is 733 g/mol. The molecule has 0 saturated carbocycles. The SMILES string of the molecule is COC(=O)c1ccc(Oc2c(C(F)(F)F)oc3cc(OC(=O)C(CCC(=O)OCc4ccccc4)NC(=O)OCc4ccccc4)ccc3c2=O)cc1. The van der Waals surface area contributed by atoms with Gasteiger partial charge in [0, 0.05) is 12.5 Å². The number of ether oxygens (including phenoxy) is 5. The van der Waals surface area contributed by atoms with Crippen LogP contribution in [0.4, 0.5) is 18.0 Å². The first-order valence-corrected chi connectivity index (χ1v) is 15.8. The average molecular weight is 734 g/mol. The predicted octanol–water partition coefficient (Wildman–Crippen LogP) is 7.11. The third kappa shape index (κ3) is 10.2. The van der Waals surface area contributed by atoms with Crippen LogP contribution in [0.15, 0.2) is 112 Å². The van der Waals surface area contributed by atoms with Crippen molar-refractivity contribution in [3.63, 3.8) is 0 Å². The Morgan fingerprint density at radius 2 is 1.40 bits per heavy atom. The lowest BCUT2D eigenvalue weighted by Crippen LogP contribution is -2.43. The van der Waals surface area contributed by atoms with E-state index >= 15 is 0 Å². The van der Waals surface area contributed by atoms with Crippen molar-refractivity contribution in [3.8, 4) is 17.2 Å². The molecule has 274 valence electrons. The maximum absolute atomic E-state index is 14.1. The highest BCUT2D eigenvalue weighted by molar-refractivity contribution is 5.89. The molecule has 1 aromatic heterocycles. The molecule has 0 radical (unpaired) electrons. The van der Waals surface area contributed by atoms with E-state index in [0.29, 0.717) is 5.56 Å². The average Bonchev–Trinajstić information content (AvgIpc) is 3.16. The summed E-state index contributed by atoms with van der Waals surface area (Å²) < 4.78 is 73.2. The summed E-state index contributed by atoms with van der Waals surface area (Å²) >= 11 is 0. The Morgan fingerprint density at radius 3 is 2.00 bits per heavy atom. The minimum atomic E-state index is -5.20. The van der Waals surface area contributed by atoms with Crippen LogP contribution in [0.3, 0.4) is 0 Å². The maximum Gasteiger partial charge on any atom is 0.453 e. The zero-order chi connectivity index (χ0) is 38.0. The summed E-state index contributed by atoms with van der Waals surface area (Å²) in [6.45, 7) is -0.165. The summed E-state index contributed by atoms with van der Waals surface area (Å²) in [5, 5.41) is 2.00. The number of hydrogen-bond donors (Lipinski definition) is 1. The van der Waals surface area contributed by atoms with Gasteiger partial charge in [-0.1, -0.05) is 60.7 Å². The van der Waals surface area contributed by atoms with Gasteiger partial charge in [0.1, 0.15) is 36.3 Å². The second kappa shape index (κ2) is 17.0. The van der Waals surface area contributed by atoms with E-state index in [1.54, 1.807) is 60.7 Å². The van der Waals surface area contributed by atoms with Crippen molar-refractivity contribution >= 4 is 35.0 Å². The van der Waals surface area contributed by atoms with Crippen molar-refractivity contribution in [2.45, 2.75) is 38.3 Å². The maximum atomic E-state index is 14.1. The van der Waals surface area contributed by atoms with E-state index in [9.17, 15) is 37.1 Å². The van der Waals surface area contributed by atoms with Gasteiger partial charge in [0.15, 0.2) is 0 Å². The van der Waals surface area contributed by atoms with Crippen molar-refractivity contribution in [1.29, 1.82) is 0 Å². The van der Waals surface area contributed by atoms with Gasteiger partial charge in [0.2, 0.25) is 11.2 Å². The summed E-state index contributed by atoms with van der Waals surface area (Å²) in [5.74, 6) is -5.97. The van der Waals surface area contributed by atoms with Gasteiger partial charge in [-0.15, -0.1) is 0 Å². The van der Waals surface area contributed by atoms with Crippen LogP contribution in [0.1, 0.15) is 40.1 Å². The third-order valence-electron chi connectivity index (χ3n) is 7.46. The second-order valence-electron chi connectivity index (χ2n) is 11.2. The number of carbonyl (C=O) groups is 4. The number of methoxy groups -OCH3 is 1. The minimum absolute atomic E-state index is 0.0298. The van der Waals surface area contributed by atoms with E-state index in [4.69, 9.17) is 23.4 Å². The van der Waals surface area contributed by atoms with Crippen molar-refractivity contribution in [1.82, 2.24) is 5.32 Å². The summed E-state index contributed by atoms with van der Waals surface area (Å²) in [6.07, 6.45) is -6.85. The van der Waals surface area contributed by atoms with Crippen LogP contribution < -0.4 is 20.2 Å². The number of nitrogens with one attached hydrogen (secondary N) is 1. The third-order valence-corrected chi connectivity index (χ3v) is 7.46. The Labute approximate surface area is 299 Å². The van der Waals surface area contributed by atoms with Gasteiger partial charge in [0.05, 0.1) is 18.1 Å². The van der Waals surface area contributed by atoms with Crippen LogP contribution in [-0.4, -0.2) is 37.2 Å². The van der Waals surface area contributed by atoms with E-state index < -0.39 is 58.7 Å². The molecule has 12 nitrogen and oxygen atoms in total. The Morgan fingerprint density at radius 1 is 0.792 bits per heavy atom. The van der Waals surface area contributed by atoms with E-state index in [-0.39, 0.29) is 48.5 Å². The highest BCUT2D eigenvalue weighted by atomic mass is 19.4. The Bertz CT molecular complexity index is 2140. The quantitative estimate of drug-likeness (QED) is 0.0747. The standard InChI is InChI=1S/C38H30F3NO11/c1-48-35(45)25-12-14-26(15-13-25)51-33-32(44)28-17-16-27(20-30(28)53-34(33)38(39,40)41)52-36(46)29(42-37(47)50-22-24-10-6-3-7-11-24)18-19-31(43)49-21-23-8-4-2-5-9-23/h2-17,20,29H,18-19,21-22H2,1H3,(H,42,47). The van der Waals surface area contributed by atoms with Crippen LogP contribution in [-0.2, 0) is 43.2 Å². The molecule has 4 aromatic carbocycles. The van der Waals surface area contributed by atoms with Crippen molar-refractivity contribution in [2.24, 2.45) is 0 Å². The number of rotatable bonds is 13. The molecule has 0 aliphatic heterocycles. The first kappa shape index (κ1) is 37.6. The molecule has 0 spiro atoms. The zero-order valence-corrected chi connectivity index (χ0v) is 27.8. The molecule has 53 heavy (non-hydrogen) atoms. The van der Waals surface area contributed by atoms with Crippen LogP contribution in [0.25, 0.3) is 11.0 Å². The van der Waals surface area contributed by atoms with Crippen molar-refractivity contribution < 1.29 is 60.5 Å². The smallest absolute Gasteiger partial charge is 0.453 e. The van der Waals surface area contributed by atoms with Gasteiger partial charge in [-0.05, 0) is 53.9 Å². The van der Waals surface area contributed by atoms with E-state index in [1.165, 1.54) is 24.3 Å². The number of esters is 3. The first-order chi connectivity index (χ1) is 25.4. The molecule has 1 atom stereocenters. The minimum Gasteiger partial charge on any atom is -0.465 e. The number of halogens is 3. The summed E-state index contributed by atoms with van der Waals surface area (Å²) in [4.78, 5) is 63.5. The molecule has 0 saturated heterocycles. The molecular formula is C38H30F3NO11. The van der Waals surface area contributed by atoms with Crippen LogP contribution >= 0.6 is 0 Å². The highest BCUT2D eigenvalue weighted by Gasteiger charge is 2.40. The molecule has 1 amide bonds. The van der Waals surface area contributed by atoms with Gasteiger partial charge in [-0.25, -0.2) is 14.4 Å². The second-order valence-corrected chi connectivity index (χ2v) is 11.2. The number of carbonyl (C=O) groups excluding carboxylic acids is 4. The predicted molar refractivity (Wildman–Crippen MR) is 180 cm³/mol. The van der Waals surface area contributed by atoms with E-state index in [0.717, 1.165) is 30.9 Å². The topological polar surface area (TPSA) is 157 Å². The van der Waals surface area contributed by atoms with Crippen molar-refractivity contribution in [2.75, 3.05) is 7.11 Å². The number of fused-ring (bicyclic) bond motifs is 1. The lowest BCUT2D eigenvalue weighted by atomic mass is 10.1. The molecular weight excluding hydrogens is 703 g/mol. The van der Waals surface area contributed by atoms with E-state index in [2.05, 4.69) is 10.1 Å². The van der Waals surface area contributed by atoms with Gasteiger partial charge in [0.25, 0.3) is 5.76 Å². The lowest BCUT2D eigenvalue weighted by molar-refractivity contribution is -0.154. The van der Waals surface area contributed by atoms with Crippen LogP contribution in [0.2, 0.25) is 0 Å². The molecule has 0 fully saturated rings.